The summed E-state index contributed by atoms with van der Waals surface area (Å²) in [6.45, 7) is 4.00. The Morgan fingerprint density at radius 1 is 1.04 bits per heavy atom. The zero-order chi connectivity index (χ0) is 19.2. The lowest BCUT2D eigenvalue weighted by Crippen LogP contribution is -2.54. The van der Waals surface area contributed by atoms with Crippen molar-refractivity contribution < 1.29 is 14.0 Å². The molecule has 142 valence electrons. The van der Waals surface area contributed by atoms with Gasteiger partial charge in [-0.05, 0) is 43.3 Å². The van der Waals surface area contributed by atoms with Crippen molar-refractivity contribution in [2.75, 3.05) is 36.4 Å². The molecule has 0 aliphatic carbocycles. The second kappa shape index (κ2) is 8.48. The summed E-state index contributed by atoms with van der Waals surface area (Å²) >= 11 is 0. The van der Waals surface area contributed by atoms with Gasteiger partial charge in [0.15, 0.2) is 0 Å². The van der Waals surface area contributed by atoms with Crippen LogP contribution in [0, 0.1) is 5.82 Å². The molecule has 1 aliphatic heterocycles. The number of piperazine rings is 1. The van der Waals surface area contributed by atoms with Crippen LogP contribution in [0.25, 0.3) is 0 Å². The minimum atomic E-state index is -0.666. The van der Waals surface area contributed by atoms with Gasteiger partial charge in [-0.2, -0.15) is 0 Å². The number of hydrogen-bond acceptors (Lipinski definition) is 4. The lowest BCUT2D eigenvalue weighted by Gasteiger charge is -2.36. The van der Waals surface area contributed by atoms with Crippen molar-refractivity contribution in [2.24, 2.45) is 0 Å². The summed E-state index contributed by atoms with van der Waals surface area (Å²) in [6.07, 6.45) is 3.17. The van der Waals surface area contributed by atoms with Crippen LogP contribution < -0.4 is 15.5 Å². The predicted octanol–water partition coefficient (Wildman–Crippen LogP) is 2.08. The van der Waals surface area contributed by atoms with Crippen molar-refractivity contribution in [2.45, 2.75) is 13.0 Å². The molecule has 1 saturated heterocycles. The Hall–Kier alpha value is -3.16. The van der Waals surface area contributed by atoms with Crippen LogP contribution in [0.2, 0.25) is 0 Å². The van der Waals surface area contributed by atoms with Gasteiger partial charge in [-0.25, -0.2) is 9.18 Å². The maximum absolute atomic E-state index is 13.0. The molecule has 0 unspecified atom stereocenters. The Morgan fingerprint density at radius 2 is 1.67 bits per heavy atom. The maximum atomic E-state index is 13.0. The first-order chi connectivity index (χ1) is 13.0. The van der Waals surface area contributed by atoms with Gasteiger partial charge in [0.1, 0.15) is 11.9 Å². The lowest BCUT2D eigenvalue weighted by atomic mass is 10.2. The van der Waals surface area contributed by atoms with Crippen LogP contribution in [0.4, 0.5) is 20.6 Å². The summed E-state index contributed by atoms with van der Waals surface area (Å²) < 4.78 is 13.0. The third kappa shape index (κ3) is 4.93. The second-order valence-electron chi connectivity index (χ2n) is 6.35. The second-order valence-corrected chi connectivity index (χ2v) is 6.35. The van der Waals surface area contributed by atoms with E-state index in [4.69, 9.17) is 0 Å². The van der Waals surface area contributed by atoms with Crippen LogP contribution in [0.5, 0.6) is 0 Å². The van der Waals surface area contributed by atoms with Gasteiger partial charge in [0.25, 0.3) is 0 Å². The molecule has 1 aliphatic rings. The third-order valence-electron chi connectivity index (χ3n) is 4.44. The molecule has 2 N–H and O–H groups in total. The number of nitrogens with one attached hydrogen (secondary N) is 2. The average molecular weight is 371 g/mol. The molecule has 0 spiro atoms. The molecule has 1 fully saturated rings. The summed E-state index contributed by atoms with van der Waals surface area (Å²) in [4.78, 5) is 32.3. The van der Waals surface area contributed by atoms with Crippen LogP contribution in [0.15, 0.2) is 48.8 Å². The van der Waals surface area contributed by atoms with E-state index >= 15 is 0 Å². The molecule has 0 radical (unpaired) electrons. The number of carbonyl (C=O) groups is 2. The Balaban J connectivity index is 1.47. The first-order valence-electron chi connectivity index (χ1n) is 8.80. The van der Waals surface area contributed by atoms with Crippen LogP contribution in [-0.4, -0.2) is 54.0 Å². The summed E-state index contributed by atoms with van der Waals surface area (Å²) in [5.74, 6) is -0.560. The van der Waals surface area contributed by atoms with Gasteiger partial charge < -0.3 is 20.4 Å². The standard InChI is InChI=1S/C19H22FN5O2/c1-14(18(26)23-16-6-8-21-9-7-16)22-19(27)25-12-10-24(11-13-25)17-4-2-15(20)3-5-17/h2-9,14H,10-13H2,1H3,(H,22,27)(H,21,23,26)/t14-/m0/s1. The first kappa shape index (κ1) is 18.6. The van der Waals surface area contributed by atoms with Crippen LogP contribution in [-0.2, 0) is 4.79 Å². The number of anilines is 2. The zero-order valence-electron chi connectivity index (χ0n) is 15.1. The number of aromatic nitrogens is 1. The number of benzene rings is 1. The van der Waals surface area contributed by atoms with E-state index in [0.717, 1.165) is 5.69 Å². The number of nitrogens with zero attached hydrogens (tertiary/aromatic N) is 3. The molecule has 7 nitrogen and oxygen atoms in total. The maximum Gasteiger partial charge on any atom is 0.318 e. The van der Waals surface area contributed by atoms with Crippen molar-refractivity contribution in [3.05, 3.63) is 54.6 Å². The van der Waals surface area contributed by atoms with Crippen molar-refractivity contribution in [1.29, 1.82) is 0 Å². The average Bonchev–Trinajstić information content (AvgIpc) is 2.69. The van der Waals surface area contributed by atoms with Gasteiger partial charge in [-0.15, -0.1) is 0 Å². The number of hydrogen-bond donors (Lipinski definition) is 2. The molecule has 0 saturated carbocycles. The highest BCUT2D eigenvalue weighted by Crippen LogP contribution is 2.17. The molecule has 2 heterocycles. The largest absolute Gasteiger partial charge is 0.368 e. The highest BCUT2D eigenvalue weighted by atomic mass is 19.1. The van der Waals surface area contributed by atoms with E-state index in [2.05, 4.69) is 20.5 Å². The van der Waals surface area contributed by atoms with E-state index in [9.17, 15) is 14.0 Å². The summed E-state index contributed by atoms with van der Waals surface area (Å²) in [5, 5.41) is 5.45. The van der Waals surface area contributed by atoms with E-state index in [1.165, 1.54) is 12.1 Å². The number of pyridine rings is 1. The van der Waals surface area contributed by atoms with E-state index < -0.39 is 6.04 Å². The first-order valence-corrected chi connectivity index (χ1v) is 8.80. The van der Waals surface area contributed by atoms with E-state index in [0.29, 0.717) is 31.9 Å². The molecule has 2 aromatic rings. The van der Waals surface area contributed by atoms with Gasteiger partial charge >= 0.3 is 6.03 Å². The molecule has 1 atom stereocenters. The monoisotopic (exact) mass is 371 g/mol. The quantitative estimate of drug-likeness (QED) is 0.863. The smallest absolute Gasteiger partial charge is 0.318 e. The van der Waals surface area contributed by atoms with Crippen molar-refractivity contribution >= 4 is 23.3 Å². The minimum absolute atomic E-state index is 0.268. The molecule has 3 rings (SSSR count). The minimum Gasteiger partial charge on any atom is -0.368 e. The lowest BCUT2D eigenvalue weighted by molar-refractivity contribution is -0.117. The zero-order valence-corrected chi connectivity index (χ0v) is 15.1. The van der Waals surface area contributed by atoms with Crippen molar-refractivity contribution in [3.63, 3.8) is 0 Å². The van der Waals surface area contributed by atoms with E-state index in [1.54, 1.807) is 48.5 Å². The molecule has 8 heteroatoms. The highest BCUT2D eigenvalue weighted by Gasteiger charge is 2.24. The van der Waals surface area contributed by atoms with Gasteiger partial charge in [0.05, 0.1) is 0 Å². The fourth-order valence-corrected chi connectivity index (χ4v) is 2.85. The van der Waals surface area contributed by atoms with Crippen molar-refractivity contribution in [3.8, 4) is 0 Å². The SMILES string of the molecule is C[C@H](NC(=O)N1CCN(c2ccc(F)cc2)CC1)C(=O)Nc1ccncc1. The van der Waals surface area contributed by atoms with Crippen LogP contribution >= 0.6 is 0 Å². The normalized spacial score (nSPS) is 15.2. The van der Waals surface area contributed by atoms with Gasteiger partial charge in [0, 0.05) is 49.9 Å². The Bertz CT molecular complexity index is 776. The van der Waals surface area contributed by atoms with E-state index in [1.807, 2.05) is 0 Å². The molecule has 1 aromatic carbocycles. The van der Waals surface area contributed by atoms with Gasteiger partial charge in [0.2, 0.25) is 5.91 Å². The number of amides is 3. The Morgan fingerprint density at radius 3 is 2.30 bits per heavy atom. The Labute approximate surface area is 157 Å². The van der Waals surface area contributed by atoms with Crippen molar-refractivity contribution in [1.82, 2.24) is 15.2 Å². The number of urea groups is 1. The number of rotatable bonds is 4. The molecular weight excluding hydrogens is 349 g/mol. The van der Waals surface area contributed by atoms with Gasteiger partial charge in [-0.1, -0.05) is 0 Å². The summed E-state index contributed by atoms with van der Waals surface area (Å²) in [7, 11) is 0. The molecular formula is C19H22FN5O2. The molecule has 1 aromatic heterocycles. The summed E-state index contributed by atoms with van der Waals surface area (Å²) in [5.41, 5.74) is 1.56. The molecule has 0 bridgehead atoms. The molecule has 27 heavy (non-hydrogen) atoms. The molecule has 3 amide bonds. The van der Waals surface area contributed by atoms with Crippen LogP contribution in [0.1, 0.15) is 6.92 Å². The Kier molecular flexibility index (Phi) is 5.85. The number of halogens is 1. The fourth-order valence-electron chi connectivity index (χ4n) is 2.85. The van der Waals surface area contributed by atoms with E-state index in [-0.39, 0.29) is 17.8 Å². The third-order valence-corrected chi connectivity index (χ3v) is 4.44. The fraction of sp³-hybridized carbons (Fsp3) is 0.316. The highest BCUT2D eigenvalue weighted by molar-refractivity contribution is 5.96. The number of carbonyl (C=O) groups excluding carboxylic acids is 2. The summed E-state index contributed by atoms with van der Waals surface area (Å²) in [6, 6.07) is 8.75. The predicted molar refractivity (Wildman–Crippen MR) is 101 cm³/mol. The van der Waals surface area contributed by atoms with Crippen LogP contribution in [0.3, 0.4) is 0 Å². The topological polar surface area (TPSA) is 77.6 Å². The van der Waals surface area contributed by atoms with Gasteiger partial charge in [-0.3, -0.25) is 9.78 Å².